The topological polar surface area (TPSA) is 115 Å². The van der Waals surface area contributed by atoms with Gasteiger partial charge in [-0.25, -0.2) is 14.6 Å². The van der Waals surface area contributed by atoms with E-state index >= 15 is 0 Å². The number of rotatable bonds is 12. The fourth-order valence-corrected chi connectivity index (χ4v) is 6.93. The SMILES string of the molecule is CCOC(=O)C1=C(C)N=c2s/c(=C\c3ccc(OCc4ccc(Cl)c(Cl)c4)c(Br)c3)c(=O)n2[C@@H]1c1ccc(OCC(=O)OC)c(OCC)c1. The van der Waals surface area contributed by atoms with Gasteiger partial charge in [-0.1, -0.05) is 52.7 Å². The Morgan fingerprint density at radius 2 is 1.73 bits per heavy atom. The Kier molecular flexibility index (Phi) is 11.9. The number of fused-ring (bicyclic) bond motifs is 1. The fraction of sp³-hybridized carbons (Fsp3) is 0.257. The van der Waals surface area contributed by atoms with Gasteiger partial charge in [-0.2, -0.15) is 0 Å². The minimum Gasteiger partial charge on any atom is -0.490 e. The highest BCUT2D eigenvalue weighted by Gasteiger charge is 2.34. The van der Waals surface area contributed by atoms with Crippen LogP contribution < -0.4 is 29.1 Å². The number of hydrogen-bond donors (Lipinski definition) is 0. The lowest BCUT2D eigenvalue weighted by Gasteiger charge is -2.25. The van der Waals surface area contributed by atoms with Gasteiger partial charge in [0, 0.05) is 0 Å². The van der Waals surface area contributed by atoms with Crippen LogP contribution in [0.4, 0.5) is 0 Å². The number of allylic oxidation sites excluding steroid dienone is 1. The van der Waals surface area contributed by atoms with E-state index in [9.17, 15) is 14.4 Å². The fourth-order valence-electron chi connectivity index (χ4n) is 5.05. The van der Waals surface area contributed by atoms with Crippen LogP contribution in [0.5, 0.6) is 17.2 Å². The summed E-state index contributed by atoms with van der Waals surface area (Å²) in [5.41, 5.74) is 2.45. The number of carbonyl (C=O) groups excluding carboxylic acids is 2. The molecule has 0 unspecified atom stereocenters. The number of halogens is 3. The van der Waals surface area contributed by atoms with Crippen molar-refractivity contribution in [2.24, 2.45) is 4.99 Å². The molecular weight excluding hydrogens is 759 g/mol. The molecule has 5 rings (SSSR count). The summed E-state index contributed by atoms with van der Waals surface area (Å²) in [6.45, 7) is 5.62. The van der Waals surface area contributed by atoms with Crippen LogP contribution in [-0.2, 0) is 25.7 Å². The molecule has 1 aliphatic heterocycles. The van der Waals surface area contributed by atoms with E-state index in [0.29, 0.717) is 59.0 Å². The summed E-state index contributed by atoms with van der Waals surface area (Å²) < 4.78 is 30.1. The zero-order chi connectivity index (χ0) is 35.2. The van der Waals surface area contributed by atoms with Crippen molar-refractivity contribution in [1.29, 1.82) is 0 Å². The van der Waals surface area contributed by atoms with Gasteiger partial charge >= 0.3 is 11.9 Å². The van der Waals surface area contributed by atoms with Gasteiger partial charge in [0.2, 0.25) is 0 Å². The summed E-state index contributed by atoms with van der Waals surface area (Å²) in [7, 11) is 1.27. The molecule has 49 heavy (non-hydrogen) atoms. The molecule has 0 amide bonds. The molecule has 10 nitrogen and oxygen atoms in total. The van der Waals surface area contributed by atoms with Crippen molar-refractivity contribution in [3.05, 3.63) is 117 Å². The van der Waals surface area contributed by atoms with Crippen molar-refractivity contribution in [2.45, 2.75) is 33.4 Å². The first-order chi connectivity index (χ1) is 23.5. The highest BCUT2D eigenvalue weighted by atomic mass is 79.9. The van der Waals surface area contributed by atoms with Crippen LogP contribution in [0.2, 0.25) is 10.0 Å². The minimum absolute atomic E-state index is 0.138. The summed E-state index contributed by atoms with van der Waals surface area (Å²) >= 11 is 16.9. The van der Waals surface area contributed by atoms with Crippen molar-refractivity contribution in [2.75, 3.05) is 26.9 Å². The molecule has 4 aromatic rings. The minimum atomic E-state index is -0.879. The molecule has 0 N–H and O–H groups in total. The highest BCUT2D eigenvalue weighted by molar-refractivity contribution is 9.10. The van der Waals surface area contributed by atoms with Gasteiger partial charge < -0.3 is 23.7 Å². The summed E-state index contributed by atoms with van der Waals surface area (Å²) in [6, 6.07) is 14.9. The van der Waals surface area contributed by atoms with Crippen LogP contribution in [0, 0.1) is 0 Å². The summed E-state index contributed by atoms with van der Waals surface area (Å²) in [4.78, 5) is 44.3. The lowest BCUT2D eigenvalue weighted by atomic mass is 9.95. The van der Waals surface area contributed by atoms with E-state index in [0.717, 1.165) is 11.1 Å². The molecule has 0 fully saturated rings. The Hall–Kier alpha value is -4.10. The normalized spacial score (nSPS) is 14.2. The maximum absolute atomic E-state index is 14.1. The van der Waals surface area contributed by atoms with Gasteiger partial charge in [-0.15, -0.1) is 0 Å². The van der Waals surface area contributed by atoms with Crippen molar-refractivity contribution in [3.63, 3.8) is 0 Å². The highest BCUT2D eigenvalue weighted by Crippen LogP contribution is 2.36. The number of carbonyl (C=O) groups is 2. The molecule has 0 saturated carbocycles. The summed E-state index contributed by atoms with van der Waals surface area (Å²) in [5.74, 6) is 0.0854. The maximum atomic E-state index is 14.1. The molecule has 14 heteroatoms. The van der Waals surface area contributed by atoms with Crippen LogP contribution in [0.15, 0.2) is 80.1 Å². The second kappa shape index (κ2) is 16.1. The van der Waals surface area contributed by atoms with Gasteiger partial charge in [-0.05, 0) is 95.9 Å². The van der Waals surface area contributed by atoms with Crippen LogP contribution in [0.25, 0.3) is 6.08 Å². The third-order valence-electron chi connectivity index (χ3n) is 7.31. The number of methoxy groups -OCH3 is 1. The molecule has 1 atom stereocenters. The number of nitrogens with zero attached hydrogens (tertiary/aromatic N) is 2. The number of thiazole rings is 1. The molecule has 1 aromatic heterocycles. The predicted molar refractivity (Wildman–Crippen MR) is 190 cm³/mol. The molecule has 1 aliphatic rings. The average molecular weight is 791 g/mol. The quantitative estimate of drug-likeness (QED) is 0.152. The van der Waals surface area contributed by atoms with Crippen LogP contribution >= 0.6 is 50.5 Å². The maximum Gasteiger partial charge on any atom is 0.343 e. The number of ether oxygens (including phenoxy) is 5. The number of benzene rings is 3. The predicted octanol–water partition coefficient (Wildman–Crippen LogP) is 6.40. The third-order valence-corrected chi connectivity index (χ3v) is 9.65. The number of esters is 2. The lowest BCUT2D eigenvalue weighted by Crippen LogP contribution is -2.40. The van der Waals surface area contributed by atoms with E-state index in [1.54, 1.807) is 63.2 Å². The lowest BCUT2D eigenvalue weighted by molar-refractivity contribution is -0.143. The Labute approximate surface area is 304 Å². The molecule has 0 spiro atoms. The monoisotopic (exact) mass is 788 g/mol. The standard InChI is InChI=1S/C35H31BrCl2N2O8S/c1-5-45-28-16-22(9-12-27(28)48-18-30(41)44-4)32-31(34(43)46-6-2)19(3)39-35-40(32)33(42)29(49-35)15-20-8-11-26(23(36)13-20)47-17-21-7-10-24(37)25(38)14-21/h7-16,32H,5-6,17-18H2,1-4H3/b29-15-/t32-/m1/s1. The Balaban J connectivity index is 1.53. The molecular formula is C35H31BrCl2N2O8S. The molecule has 0 radical (unpaired) electrons. The van der Waals surface area contributed by atoms with Gasteiger partial charge in [0.15, 0.2) is 22.9 Å². The van der Waals surface area contributed by atoms with Crippen molar-refractivity contribution < 1.29 is 33.3 Å². The van der Waals surface area contributed by atoms with Crippen molar-refractivity contribution >= 4 is 68.5 Å². The molecule has 0 bridgehead atoms. The Morgan fingerprint density at radius 3 is 2.43 bits per heavy atom. The first kappa shape index (κ1) is 36.2. The zero-order valence-electron chi connectivity index (χ0n) is 26.9. The summed E-state index contributed by atoms with van der Waals surface area (Å²) in [6.07, 6.45) is 1.76. The molecule has 3 aromatic carbocycles. The van der Waals surface area contributed by atoms with E-state index in [2.05, 4.69) is 25.7 Å². The average Bonchev–Trinajstić information content (AvgIpc) is 3.38. The largest absolute Gasteiger partial charge is 0.490 e. The van der Waals surface area contributed by atoms with E-state index in [-0.39, 0.29) is 31.0 Å². The number of aromatic nitrogens is 1. The Morgan fingerprint density at radius 1 is 0.959 bits per heavy atom. The first-order valence-electron chi connectivity index (χ1n) is 15.1. The van der Waals surface area contributed by atoms with Crippen LogP contribution in [-0.4, -0.2) is 43.4 Å². The van der Waals surface area contributed by atoms with Gasteiger partial charge in [-0.3, -0.25) is 9.36 Å². The van der Waals surface area contributed by atoms with E-state index in [4.69, 9.17) is 42.1 Å². The van der Waals surface area contributed by atoms with Crippen molar-refractivity contribution in [1.82, 2.24) is 4.57 Å². The van der Waals surface area contributed by atoms with Gasteiger partial charge in [0.1, 0.15) is 12.4 Å². The zero-order valence-corrected chi connectivity index (χ0v) is 30.8. The van der Waals surface area contributed by atoms with E-state index < -0.39 is 18.0 Å². The second-order valence-corrected chi connectivity index (χ2v) is 13.2. The van der Waals surface area contributed by atoms with Crippen molar-refractivity contribution in [3.8, 4) is 17.2 Å². The Bertz CT molecular complexity index is 2130. The van der Waals surface area contributed by atoms with Gasteiger partial charge in [0.25, 0.3) is 5.56 Å². The third kappa shape index (κ3) is 8.21. The first-order valence-corrected chi connectivity index (χ1v) is 17.4. The smallest absolute Gasteiger partial charge is 0.343 e. The van der Waals surface area contributed by atoms with E-state index in [1.165, 1.54) is 23.0 Å². The molecule has 0 saturated heterocycles. The summed E-state index contributed by atoms with van der Waals surface area (Å²) in [5, 5.41) is 0.914. The van der Waals surface area contributed by atoms with E-state index in [1.807, 2.05) is 18.2 Å². The second-order valence-electron chi connectivity index (χ2n) is 10.5. The van der Waals surface area contributed by atoms with Crippen LogP contribution in [0.3, 0.4) is 0 Å². The van der Waals surface area contributed by atoms with Gasteiger partial charge in [0.05, 0.1) is 56.7 Å². The molecule has 256 valence electrons. The number of hydrogen-bond acceptors (Lipinski definition) is 10. The van der Waals surface area contributed by atoms with Crippen LogP contribution in [0.1, 0.15) is 43.5 Å². The molecule has 0 aliphatic carbocycles. The molecule has 2 heterocycles.